The van der Waals surface area contributed by atoms with E-state index in [2.05, 4.69) is 30.1 Å². The van der Waals surface area contributed by atoms with Gasteiger partial charge in [-0.25, -0.2) is 0 Å². The number of nitrogens with zero attached hydrogens (tertiary/aromatic N) is 2. The van der Waals surface area contributed by atoms with Crippen LogP contribution < -0.4 is 5.32 Å². The first-order valence-corrected chi connectivity index (χ1v) is 7.59. The molecule has 1 aromatic carbocycles. The van der Waals surface area contributed by atoms with E-state index in [1.54, 1.807) is 0 Å². The highest BCUT2D eigenvalue weighted by Crippen LogP contribution is 2.25. The molecule has 21 heavy (non-hydrogen) atoms. The van der Waals surface area contributed by atoms with Crippen molar-refractivity contribution in [1.29, 1.82) is 5.26 Å². The van der Waals surface area contributed by atoms with E-state index in [1.807, 2.05) is 37.3 Å². The zero-order valence-electron chi connectivity index (χ0n) is 13.2. The van der Waals surface area contributed by atoms with Crippen molar-refractivity contribution in [1.82, 2.24) is 10.2 Å². The van der Waals surface area contributed by atoms with Crippen LogP contribution in [0.3, 0.4) is 0 Å². The number of nitriles is 1. The van der Waals surface area contributed by atoms with Crippen molar-refractivity contribution < 1.29 is 4.74 Å². The monoisotopic (exact) mass is 287 g/mol. The average molecular weight is 287 g/mol. The van der Waals surface area contributed by atoms with Crippen molar-refractivity contribution in [3.63, 3.8) is 0 Å². The Hall–Kier alpha value is -1.41. The van der Waals surface area contributed by atoms with Crippen LogP contribution in [0.4, 0.5) is 0 Å². The Kier molecular flexibility index (Phi) is 5.00. The minimum atomic E-state index is -0.663. The third-order valence-electron chi connectivity index (χ3n) is 3.90. The summed E-state index contributed by atoms with van der Waals surface area (Å²) in [6.45, 7) is 10.1. The quantitative estimate of drug-likeness (QED) is 0.901. The summed E-state index contributed by atoms with van der Waals surface area (Å²) in [6.07, 6.45) is 0. The van der Waals surface area contributed by atoms with Gasteiger partial charge in [0.25, 0.3) is 0 Å². The van der Waals surface area contributed by atoms with Gasteiger partial charge >= 0.3 is 0 Å². The third-order valence-corrected chi connectivity index (χ3v) is 3.90. The first-order chi connectivity index (χ1) is 10.0. The van der Waals surface area contributed by atoms with Crippen LogP contribution >= 0.6 is 0 Å². The molecule has 0 radical (unpaired) electrons. The summed E-state index contributed by atoms with van der Waals surface area (Å²) in [5.41, 5.74) is 0.213. The normalized spacial score (nSPS) is 21.4. The van der Waals surface area contributed by atoms with Gasteiger partial charge in [-0.2, -0.15) is 5.26 Å². The summed E-state index contributed by atoms with van der Waals surface area (Å²) in [5, 5.41) is 13.2. The molecule has 0 aliphatic carbocycles. The highest BCUT2D eigenvalue weighted by molar-refractivity contribution is 5.32. The van der Waals surface area contributed by atoms with Crippen molar-refractivity contribution in [2.75, 3.05) is 32.8 Å². The van der Waals surface area contributed by atoms with Gasteiger partial charge in [0.1, 0.15) is 5.54 Å². The first kappa shape index (κ1) is 16.0. The van der Waals surface area contributed by atoms with Gasteiger partial charge < -0.3 is 4.74 Å². The molecule has 0 amide bonds. The van der Waals surface area contributed by atoms with Gasteiger partial charge in [0.05, 0.1) is 18.3 Å². The van der Waals surface area contributed by atoms with E-state index in [-0.39, 0.29) is 5.60 Å². The third kappa shape index (κ3) is 3.82. The molecule has 114 valence electrons. The van der Waals surface area contributed by atoms with Crippen LogP contribution in [0.25, 0.3) is 0 Å². The second-order valence-corrected chi connectivity index (χ2v) is 6.23. The molecule has 1 aliphatic heterocycles. The minimum Gasteiger partial charge on any atom is -0.373 e. The molecular formula is C17H25N3O. The Labute approximate surface area is 127 Å². The SMILES string of the molecule is CCNC(C#N)(CN1CCOC(C)(C)C1)c1ccccc1. The first-order valence-electron chi connectivity index (χ1n) is 7.59. The number of hydrogen-bond acceptors (Lipinski definition) is 4. The topological polar surface area (TPSA) is 48.3 Å². The molecule has 1 aliphatic rings. The van der Waals surface area contributed by atoms with Gasteiger partial charge in [0, 0.05) is 19.6 Å². The highest BCUT2D eigenvalue weighted by atomic mass is 16.5. The van der Waals surface area contributed by atoms with E-state index in [0.29, 0.717) is 6.54 Å². The van der Waals surface area contributed by atoms with Crippen LogP contribution in [-0.4, -0.2) is 43.3 Å². The number of ether oxygens (including phenoxy) is 1. The summed E-state index contributed by atoms with van der Waals surface area (Å²) in [7, 11) is 0. The van der Waals surface area contributed by atoms with Crippen molar-refractivity contribution in [2.45, 2.75) is 31.9 Å². The molecular weight excluding hydrogens is 262 g/mol. The van der Waals surface area contributed by atoms with Crippen molar-refractivity contribution >= 4 is 0 Å². The van der Waals surface area contributed by atoms with Crippen molar-refractivity contribution in [2.24, 2.45) is 0 Å². The van der Waals surface area contributed by atoms with Crippen LogP contribution in [0.2, 0.25) is 0 Å². The van der Waals surface area contributed by atoms with Gasteiger partial charge in [-0.1, -0.05) is 37.3 Å². The standard InChI is InChI=1S/C17H25N3O/c1-4-19-17(12-18,15-8-6-5-7-9-15)14-20-10-11-21-16(2,3)13-20/h5-9,19H,4,10-11,13-14H2,1-3H3. The fourth-order valence-corrected chi connectivity index (χ4v) is 3.00. The average Bonchev–Trinajstić information content (AvgIpc) is 2.46. The number of morpholine rings is 1. The molecule has 1 aromatic rings. The van der Waals surface area contributed by atoms with Gasteiger partial charge in [0.15, 0.2) is 0 Å². The molecule has 2 rings (SSSR count). The molecule has 1 heterocycles. The van der Waals surface area contributed by atoms with Gasteiger partial charge in [0.2, 0.25) is 0 Å². The summed E-state index contributed by atoms with van der Waals surface area (Å²) < 4.78 is 5.76. The molecule has 0 aromatic heterocycles. The molecule has 1 unspecified atom stereocenters. The Bertz CT molecular complexity index is 495. The van der Waals surface area contributed by atoms with Crippen LogP contribution in [-0.2, 0) is 10.3 Å². The minimum absolute atomic E-state index is 0.150. The fraction of sp³-hybridized carbons (Fsp3) is 0.588. The molecule has 4 heteroatoms. The van der Waals surface area contributed by atoms with E-state index in [4.69, 9.17) is 4.74 Å². The van der Waals surface area contributed by atoms with E-state index in [1.165, 1.54) is 0 Å². The van der Waals surface area contributed by atoms with E-state index >= 15 is 0 Å². The van der Waals surface area contributed by atoms with Gasteiger partial charge in [-0.05, 0) is 26.0 Å². The van der Waals surface area contributed by atoms with Crippen LogP contribution in [0, 0.1) is 11.3 Å². The molecule has 0 bridgehead atoms. The maximum Gasteiger partial charge on any atom is 0.145 e. The highest BCUT2D eigenvalue weighted by Gasteiger charge is 2.37. The zero-order chi connectivity index (χ0) is 15.3. The lowest BCUT2D eigenvalue weighted by Gasteiger charge is -2.42. The number of benzene rings is 1. The second-order valence-electron chi connectivity index (χ2n) is 6.23. The second kappa shape index (κ2) is 6.57. The molecule has 1 atom stereocenters. The maximum atomic E-state index is 9.85. The van der Waals surface area contributed by atoms with E-state index in [0.717, 1.165) is 31.8 Å². The largest absolute Gasteiger partial charge is 0.373 e. The number of nitrogens with one attached hydrogen (secondary N) is 1. The number of likely N-dealkylation sites (N-methyl/N-ethyl adjacent to an activating group) is 1. The lowest BCUT2D eigenvalue weighted by molar-refractivity contribution is -0.0897. The molecule has 1 fully saturated rings. The van der Waals surface area contributed by atoms with Crippen LogP contribution in [0.5, 0.6) is 0 Å². The van der Waals surface area contributed by atoms with E-state index < -0.39 is 5.54 Å². The summed E-state index contributed by atoms with van der Waals surface area (Å²) in [4.78, 5) is 2.32. The van der Waals surface area contributed by atoms with Gasteiger partial charge in [-0.15, -0.1) is 0 Å². The number of hydrogen-bond donors (Lipinski definition) is 1. The molecule has 0 spiro atoms. The smallest absolute Gasteiger partial charge is 0.145 e. The molecule has 0 saturated carbocycles. The van der Waals surface area contributed by atoms with E-state index in [9.17, 15) is 5.26 Å². The Balaban J connectivity index is 2.23. The predicted octanol–water partition coefficient (Wildman–Crippen LogP) is 2.13. The zero-order valence-corrected chi connectivity index (χ0v) is 13.2. The lowest BCUT2D eigenvalue weighted by Crippen LogP contribution is -2.56. The number of rotatable bonds is 5. The van der Waals surface area contributed by atoms with Gasteiger partial charge in [-0.3, -0.25) is 10.2 Å². The maximum absolute atomic E-state index is 9.85. The lowest BCUT2D eigenvalue weighted by atomic mass is 9.89. The van der Waals surface area contributed by atoms with Crippen LogP contribution in [0.1, 0.15) is 26.3 Å². The van der Waals surface area contributed by atoms with Crippen LogP contribution in [0.15, 0.2) is 30.3 Å². The van der Waals surface area contributed by atoms with Crippen molar-refractivity contribution in [3.8, 4) is 6.07 Å². The molecule has 4 nitrogen and oxygen atoms in total. The molecule has 1 saturated heterocycles. The summed E-state index contributed by atoms with van der Waals surface area (Å²) >= 11 is 0. The summed E-state index contributed by atoms with van der Waals surface area (Å²) in [5.74, 6) is 0. The predicted molar refractivity (Wildman–Crippen MR) is 83.9 cm³/mol. The summed E-state index contributed by atoms with van der Waals surface area (Å²) in [6, 6.07) is 12.5. The fourth-order valence-electron chi connectivity index (χ4n) is 3.00. The molecule has 1 N–H and O–H groups in total. The Morgan fingerprint density at radius 1 is 1.38 bits per heavy atom. The van der Waals surface area contributed by atoms with Crippen molar-refractivity contribution in [3.05, 3.63) is 35.9 Å². The Morgan fingerprint density at radius 3 is 2.67 bits per heavy atom. The Morgan fingerprint density at radius 2 is 2.10 bits per heavy atom.